The summed E-state index contributed by atoms with van der Waals surface area (Å²) in [6.45, 7) is -0.850. The molecule has 3 rings (SSSR count). The van der Waals surface area contributed by atoms with Gasteiger partial charge < -0.3 is 44.5 Å². The zero-order valence-electron chi connectivity index (χ0n) is 16.0. The van der Waals surface area contributed by atoms with Crippen LogP contribution in [0, 0.1) is 0 Å². The maximum Gasteiger partial charge on any atom is 0.490 e. The number of hydrogen-bond acceptors (Lipinski definition) is 12. The molecule has 17 nitrogen and oxygen atoms in total. The van der Waals surface area contributed by atoms with Crippen molar-refractivity contribution < 1.29 is 61.0 Å². The summed E-state index contributed by atoms with van der Waals surface area (Å²) in [7, 11) is -15.3. The Morgan fingerprint density at radius 2 is 1.84 bits per heavy atom. The highest BCUT2D eigenvalue weighted by molar-refractivity contribution is 7.66. The predicted molar refractivity (Wildman–Crippen MR) is 102 cm³/mol. The number of phosphoric ester groups is 1. The largest absolute Gasteiger partial charge is 0.490 e. The van der Waals surface area contributed by atoms with E-state index in [1.165, 1.54) is 18.0 Å². The molecule has 6 atom stereocenters. The van der Waals surface area contributed by atoms with Crippen LogP contribution in [0.1, 0.15) is 6.23 Å². The Labute approximate surface area is 179 Å². The molecule has 180 valence electrons. The van der Waals surface area contributed by atoms with Crippen molar-refractivity contribution in [2.45, 2.75) is 24.5 Å². The monoisotopic (exact) mass is 520 g/mol. The molecule has 7 N–H and O–H groups in total. The average Bonchev–Trinajstić information content (AvgIpc) is 3.18. The van der Waals surface area contributed by atoms with Gasteiger partial charge in [0.05, 0.1) is 12.0 Å². The van der Waals surface area contributed by atoms with Gasteiger partial charge in [0.1, 0.15) is 36.1 Å². The van der Waals surface area contributed by atoms with E-state index in [1.54, 1.807) is 12.3 Å². The van der Waals surface area contributed by atoms with Crippen LogP contribution in [0.15, 0.2) is 18.6 Å². The highest BCUT2D eigenvalue weighted by atomic mass is 31.3. The van der Waals surface area contributed by atoms with E-state index in [4.69, 9.17) is 25.0 Å². The van der Waals surface area contributed by atoms with Crippen LogP contribution >= 0.6 is 23.5 Å². The molecule has 0 radical (unpaired) electrons. The number of nitrogens with zero attached hydrogens (tertiary/aromatic N) is 3. The van der Waals surface area contributed by atoms with Crippen LogP contribution in [0.2, 0.25) is 0 Å². The van der Waals surface area contributed by atoms with Gasteiger partial charge in [-0.25, -0.2) is 23.7 Å². The number of aromatic nitrogens is 3. The van der Waals surface area contributed by atoms with Crippen LogP contribution in [0.25, 0.3) is 11.0 Å². The molecule has 2 unspecified atom stereocenters. The molecule has 0 spiro atoms. The summed E-state index contributed by atoms with van der Waals surface area (Å²) in [5.74, 6) is 0.200. The second-order valence-electron chi connectivity index (χ2n) is 6.36. The van der Waals surface area contributed by atoms with E-state index in [1.807, 2.05) is 0 Å². The standard InChI is InChI=1S/C12H19N4O13P3/c1-25-9-8(17)7(4-26-31(21,22)29-32(23,24)28-30(18,19)20)27-12(9)16-3-2-6-10(13)14-5-15-11(6)16/h2-3,5,7-9,12,17H,4H2,1H3,(H,21,22)(H,23,24)(H2,13,14,15)(H2,18,19,20)/t7-,8-,9-,12-/m1/s1. The molecule has 0 aromatic carbocycles. The lowest BCUT2D eigenvalue weighted by molar-refractivity contribution is -0.0575. The van der Waals surface area contributed by atoms with E-state index in [9.17, 15) is 28.6 Å². The maximum atomic E-state index is 11.9. The zero-order chi connectivity index (χ0) is 23.9. The molecule has 32 heavy (non-hydrogen) atoms. The molecule has 1 aliphatic rings. The van der Waals surface area contributed by atoms with Crippen LogP contribution in [0.4, 0.5) is 5.82 Å². The first-order chi connectivity index (χ1) is 14.7. The molecule has 1 saturated heterocycles. The Balaban J connectivity index is 1.73. The van der Waals surface area contributed by atoms with Crippen molar-refractivity contribution in [3.05, 3.63) is 18.6 Å². The summed E-state index contributed by atoms with van der Waals surface area (Å²) in [6, 6.07) is 1.60. The van der Waals surface area contributed by atoms with Crippen molar-refractivity contribution >= 4 is 40.3 Å². The van der Waals surface area contributed by atoms with E-state index in [-0.39, 0.29) is 5.82 Å². The number of phosphoric acid groups is 3. The number of aliphatic hydroxyl groups is 1. The molecule has 0 aliphatic carbocycles. The minimum absolute atomic E-state index is 0.200. The van der Waals surface area contributed by atoms with Crippen LogP contribution < -0.4 is 5.73 Å². The SMILES string of the molecule is CO[C@@H]1[C@H](O)[C@@H](COP(=O)(O)OP(=O)(O)OP(=O)(O)O)O[C@H]1n1ccc2c(N)ncnc21. The first-order valence-electron chi connectivity index (χ1n) is 8.45. The number of nitrogen functional groups attached to an aromatic ring is 1. The molecule has 0 amide bonds. The van der Waals surface area contributed by atoms with Crippen LogP contribution in [-0.4, -0.2) is 71.2 Å². The van der Waals surface area contributed by atoms with E-state index in [0.29, 0.717) is 11.0 Å². The number of nitrogens with two attached hydrogens (primary N) is 1. The van der Waals surface area contributed by atoms with Gasteiger partial charge in [-0.05, 0) is 6.07 Å². The van der Waals surface area contributed by atoms with Gasteiger partial charge in [-0.15, -0.1) is 0 Å². The zero-order valence-corrected chi connectivity index (χ0v) is 18.7. The van der Waals surface area contributed by atoms with Crippen molar-refractivity contribution in [1.82, 2.24) is 14.5 Å². The van der Waals surface area contributed by atoms with Crippen molar-refractivity contribution in [3.8, 4) is 0 Å². The number of hydrogen-bond donors (Lipinski definition) is 6. The number of anilines is 1. The smallest absolute Gasteiger partial charge is 0.387 e. The minimum atomic E-state index is -5.67. The summed E-state index contributed by atoms with van der Waals surface area (Å²) >= 11 is 0. The molecular weight excluding hydrogens is 501 g/mol. The second kappa shape index (κ2) is 9.16. The van der Waals surface area contributed by atoms with Crippen LogP contribution in [0.3, 0.4) is 0 Å². The first kappa shape index (κ1) is 25.3. The Morgan fingerprint density at radius 1 is 1.16 bits per heavy atom. The Kier molecular flexibility index (Phi) is 7.25. The van der Waals surface area contributed by atoms with Gasteiger partial charge >= 0.3 is 23.5 Å². The molecule has 0 saturated carbocycles. The highest BCUT2D eigenvalue weighted by Crippen LogP contribution is 2.66. The minimum Gasteiger partial charge on any atom is -0.387 e. The lowest BCUT2D eigenvalue weighted by atomic mass is 10.1. The summed E-state index contributed by atoms with van der Waals surface area (Å²) in [4.78, 5) is 43.8. The van der Waals surface area contributed by atoms with E-state index in [0.717, 1.165) is 0 Å². The van der Waals surface area contributed by atoms with E-state index in [2.05, 4.69) is 23.1 Å². The normalized spacial score (nSPS) is 27.9. The molecular formula is C12H19N4O13P3. The van der Waals surface area contributed by atoms with Crippen molar-refractivity contribution in [2.24, 2.45) is 0 Å². The third-order valence-corrected chi connectivity index (χ3v) is 8.02. The number of ether oxygens (including phenoxy) is 2. The lowest BCUT2D eigenvalue weighted by Gasteiger charge is -2.20. The molecule has 2 aromatic rings. The van der Waals surface area contributed by atoms with Gasteiger partial charge in [-0.2, -0.15) is 8.62 Å². The fraction of sp³-hybridized carbons (Fsp3) is 0.500. The second-order valence-corrected chi connectivity index (χ2v) is 10.8. The number of aliphatic hydroxyl groups excluding tert-OH is 1. The van der Waals surface area contributed by atoms with Crippen molar-refractivity contribution in [3.63, 3.8) is 0 Å². The molecule has 0 bridgehead atoms. The lowest BCUT2D eigenvalue weighted by Crippen LogP contribution is -2.35. The summed E-state index contributed by atoms with van der Waals surface area (Å²) in [5.41, 5.74) is 6.15. The van der Waals surface area contributed by atoms with Gasteiger partial charge in [0.15, 0.2) is 6.23 Å². The fourth-order valence-electron chi connectivity index (χ4n) is 3.00. The average molecular weight is 520 g/mol. The topological polar surface area (TPSA) is 255 Å². The Bertz CT molecular complexity index is 1120. The fourth-order valence-corrected chi connectivity index (χ4v) is 6.03. The molecule has 3 heterocycles. The maximum absolute atomic E-state index is 11.9. The summed E-state index contributed by atoms with van der Waals surface area (Å²) in [5, 5.41) is 11.0. The van der Waals surface area contributed by atoms with Gasteiger partial charge in [-0.1, -0.05) is 0 Å². The summed E-state index contributed by atoms with van der Waals surface area (Å²) in [6.07, 6.45) is -1.94. The third-order valence-electron chi connectivity index (χ3n) is 4.22. The molecule has 1 aliphatic heterocycles. The Hall–Kier alpha value is -1.29. The quantitative estimate of drug-likeness (QED) is 0.231. The molecule has 2 aromatic heterocycles. The molecule has 20 heteroatoms. The first-order valence-corrected chi connectivity index (χ1v) is 13.0. The molecule has 1 fully saturated rings. The van der Waals surface area contributed by atoms with E-state index < -0.39 is 54.6 Å². The van der Waals surface area contributed by atoms with Gasteiger partial charge in [0.2, 0.25) is 0 Å². The number of rotatable bonds is 9. The number of fused-ring (bicyclic) bond motifs is 1. The van der Waals surface area contributed by atoms with Crippen molar-refractivity contribution in [2.75, 3.05) is 19.5 Å². The van der Waals surface area contributed by atoms with Crippen molar-refractivity contribution in [1.29, 1.82) is 0 Å². The third kappa shape index (κ3) is 5.79. The van der Waals surface area contributed by atoms with Crippen LogP contribution in [0.5, 0.6) is 0 Å². The van der Waals surface area contributed by atoms with Crippen LogP contribution in [-0.2, 0) is 36.3 Å². The van der Waals surface area contributed by atoms with Gasteiger partial charge in [0, 0.05) is 13.3 Å². The van der Waals surface area contributed by atoms with E-state index >= 15 is 0 Å². The summed E-state index contributed by atoms with van der Waals surface area (Å²) < 4.78 is 58.1. The Morgan fingerprint density at radius 3 is 2.47 bits per heavy atom. The highest BCUT2D eigenvalue weighted by Gasteiger charge is 2.47. The number of methoxy groups -OCH3 is 1. The van der Waals surface area contributed by atoms with Gasteiger partial charge in [0.25, 0.3) is 0 Å². The van der Waals surface area contributed by atoms with Gasteiger partial charge in [-0.3, -0.25) is 4.52 Å². The predicted octanol–water partition coefficient (Wildman–Crippen LogP) is -0.370.